The molecule has 0 aliphatic carbocycles. The predicted octanol–water partition coefficient (Wildman–Crippen LogP) is 12.2. The Kier molecular flexibility index (Phi) is 36.7. The van der Waals surface area contributed by atoms with E-state index in [9.17, 15) is 19.5 Å². The molecule has 0 aliphatic heterocycles. The third-order valence-corrected chi connectivity index (χ3v) is 10.0. The predicted molar refractivity (Wildman–Crippen MR) is 229 cm³/mol. The van der Waals surface area contributed by atoms with Crippen LogP contribution in [0.3, 0.4) is 0 Å². The molecule has 2 atom stereocenters. The van der Waals surface area contributed by atoms with Gasteiger partial charge in [-0.15, -0.1) is 0 Å². The van der Waals surface area contributed by atoms with Crippen LogP contribution in [0.25, 0.3) is 0 Å². The molecule has 0 heterocycles. The number of esters is 2. The summed E-state index contributed by atoms with van der Waals surface area (Å²) in [6, 6.07) is -0.618. The third-order valence-electron chi connectivity index (χ3n) is 10.0. The zero-order chi connectivity index (χ0) is 40.7. The highest BCUT2D eigenvalue weighted by molar-refractivity contribution is 5.72. The van der Waals surface area contributed by atoms with Crippen LogP contribution in [0.1, 0.15) is 194 Å². The molecule has 0 radical (unpaired) electrons. The van der Waals surface area contributed by atoms with Crippen molar-refractivity contribution in [2.45, 2.75) is 206 Å². The van der Waals surface area contributed by atoms with Gasteiger partial charge in [-0.2, -0.15) is 0 Å². The van der Waals surface area contributed by atoms with Crippen LogP contribution in [-0.2, 0) is 28.6 Å². The van der Waals surface area contributed by atoms with E-state index < -0.39 is 18.1 Å². The van der Waals surface area contributed by atoms with Gasteiger partial charge >= 0.3 is 17.9 Å². The number of rotatable bonds is 40. The number of carboxylic acid groups (broad SMARTS) is 1. The molecular weight excluding hydrogens is 691 g/mol. The number of aliphatic carboxylic acids is 1. The molecule has 0 amide bonds. The zero-order valence-electron chi connectivity index (χ0n) is 36.4. The van der Waals surface area contributed by atoms with Crippen molar-refractivity contribution in [2.24, 2.45) is 0 Å². The quantitative estimate of drug-likeness (QED) is 0.0217. The van der Waals surface area contributed by atoms with Crippen LogP contribution in [-0.4, -0.2) is 80.6 Å². The lowest BCUT2D eigenvalue weighted by Crippen LogP contribution is -2.50. The van der Waals surface area contributed by atoms with E-state index in [1.165, 1.54) is 109 Å². The number of ether oxygens (including phenoxy) is 3. The number of unbranched alkanes of at least 4 members (excludes halogenated alkanes) is 21. The van der Waals surface area contributed by atoms with Gasteiger partial charge in [0.15, 0.2) is 12.1 Å². The summed E-state index contributed by atoms with van der Waals surface area (Å²) in [7, 11) is 5.52. The Morgan fingerprint density at radius 1 is 0.545 bits per heavy atom. The lowest BCUT2D eigenvalue weighted by molar-refractivity contribution is -0.887. The minimum atomic E-state index is -0.879. The first-order valence-electron chi connectivity index (χ1n) is 22.5. The molecule has 0 saturated carbocycles. The number of allylic oxidation sites excluding steroid dienone is 6. The summed E-state index contributed by atoms with van der Waals surface area (Å²) < 4.78 is 17.2. The fourth-order valence-corrected chi connectivity index (χ4v) is 6.47. The van der Waals surface area contributed by atoms with Crippen LogP contribution in [0.5, 0.6) is 0 Å². The molecule has 0 fully saturated rings. The fourth-order valence-electron chi connectivity index (χ4n) is 6.47. The number of hydrogen-bond donors (Lipinski definition) is 1. The van der Waals surface area contributed by atoms with Crippen LogP contribution < -0.4 is 0 Å². The first kappa shape index (κ1) is 52.6. The first-order chi connectivity index (χ1) is 26.6. The van der Waals surface area contributed by atoms with E-state index in [1.807, 2.05) is 21.1 Å². The maximum absolute atomic E-state index is 12.7. The second kappa shape index (κ2) is 38.4. The van der Waals surface area contributed by atoms with E-state index in [1.54, 1.807) is 0 Å². The number of quaternary nitrogens is 1. The SMILES string of the molecule is CCCC/C=C/C=C/CCCCCC(=O)OCC(COCCC(C(=O)O)[N+](C)(C)C)OC(=O)CCCCCCCCC/C=C/CCCCCCCCCCC. The minimum Gasteiger partial charge on any atom is -0.477 e. The highest BCUT2D eigenvalue weighted by Crippen LogP contribution is 2.14. The van der Waals surface area contributed by atoms with E-state index >= 15 is 0 Å². The van der Waals surface area contributed by atoms with Gasteiger partial charge in [0.1, 0.15) is 6.61 Å². The second-order valence-electron chi connectivity index (χ2n) is 16.3. The van der Waals surface area contributed by atoms with E-state index in [-0.39, 0.29) is 36.2 Å². The van der Waals surface area contributed by atoms with E-state index in [0.29, 0.717) is 19.3 Å². The van der Waals surface area contributed by atoms with Gasteiger partial charge < -0.3 is 23.8 Å². The molecule has 8 heteroatoms. The van der Waals surface area contributed by atoms with Crippen molar-refractivity contribution >= 4 is 17.9 Å². The smallest absolute Gasteiger partial charge is 0.362 e. The van der Waals surface area contributed by atoms with Crippen molar-refractivity contribution in [1.82, 2.24) is 0 Å². The fraction of sp³-hybridized carbons (Fsp3) is 0.809. The summed E-state index contributed by atoms with van der Waals surface area (Å²) in [6.45, 7) is 4.65. The first-order valence-corrected chi connectivity index (χ1v) is 22.5. The molecule has 2 unspecified atom stereocenters. The Morgan fingerprint density at radius 2 is 0.982 bits per heavy atom. The molecule has 0 aromatic carbocycles. The average Bonchev–Trinajstić information content (AvgIpc) is 3.14. The van der Waals surface area contributed by atoms with Crippen molar-refractivity contribution in [2.75, 3.05) is 41.0 Å². The van der Waals surface area contributed by atoms with Gasteiger partial charge in [0, 0.05) is 19.3 Å². The summed E-state index contributed by atoms with van der Waals surface area (Å²) in [5, 5.41) is 9.61. The molecule has 0 spiro atoms. The van der Waals surface area contributed by atoms with Gasteiger partial charge in [-0.25, -0.2) is 4.79 Å². The molecular formula is C47H86NO7+. The molecule has 0 rings (SSSR count). The van der Waals surface area contributed by atoms with E-state index in [0.717, 1.165) is 51.4 Å². The lowest BCUT2D eigenvalue weighted by Gasteiger charge is -2.31. The van der Waals surface area contributed by atoms with Gasteiger partial charge in [0.25, 0.3) is 0 Å². The minimum absolute atomic E-state index is 0.0518. The van der Waals surface area contributed by atoms with Crippen LogP contribution in [0.2, 0.25) is 0 Å². The molecule has 0 bridgehead atoms. The van der Waals surface area contributed by atoms with Crippen molar-refractivity contribution in [3.8, 4) is 0 Å². The largest absolute Gasteiger partial charge is 0.477 e. The number of hydrogen-bond acceptors (Lipinski definition) is 6. The number of nitrogens with zero attached hydrogens (tertiary/aromatic N) is 1. The van der Waals surface area contributed by atoms with Gasteiger partial charge in [0.2, 0.25) is 0 Å². The normalized spacial score (nSPS) is 13.3. The Hall–Kier alpha value is -2.45. The number of carbonyl (C=O) groups is 3. The van der Waals surface area contributed by atoms with Crippen LogP contribution in [0.15, 0.2) is 36.5 Å². The van der Waals surface area contributed by atoms with E-state index in [2.05, 4.69) is 50.3 Å². The lowest BCUT2D eigenvalue weighted by atomic mass is 10.1. The van der Waals surface area contributed by atoms with Gasteiger partial charge in [-0.05, 0) is 57.8 Å². The standard InChI is InChI=1S/C47H85NO7/c1-6-8-10-12-14-16-18-19-20-21-22-23-24-25-26-28-30-32-34-36-38-46(50)55-43(41-53-40-39-44(47(51)52)48(3,4)5)42-54-45(49)37-35-33-31-29-27-17-15-13-11-9-7-2/h13,15,17,22-23,27,43-44H,6-12,14,16,18-21,24-26,28-42H2,1-5H3/p+1/b15-13+,23-22+,27-17+. The maximum atomic E-state index is 12.7. The average molecular weight is 777 g/mol. The monoisotopic (exact) mass is 777 g/mol. The summed E-state index contributed by atoms with van der Waals surface area (Å²) in [5.41, 5.74) is 0. The summed E-state index contributed by atoms with van der Waals surface area (Å²) in [6.07, 6.45) is 43.4. The highest BCUT2D eigenvalue weighted by atomic mass is 16.6. The Morgan fingerprint density at radius 3 is 1.49 bits per heavy atom. The molecule has 8 nitrogen and oxygen atoms in total. The van der Waals surface area contributed by atoms with Crippen LogP contribution >= 0.6 is 0 Å². The number of likely N-dealkylation sites (N-methyl/N-ethyl adjacent to an activating group) is 1. The molecule has 55 heavy (non-hydrogen) atoms. The molecule has 0 saturated heterocycles. The third kappa shape index (κ3) is 36.9. The van der Waals surface area contributed by atoms with Crippen molar-refractivity contribution in [1.29, 1.82) is 0 Å². The van der Waals surface area contributed by atoms with Crippen LogP contribution in [0.4, 0.5) is 0 Å². The second-order valence-corrected chi connectivity index (χ2v) is 16.3. The number of carbonyl (C=O) groups excluding carboxylic acids is 2. The Bertz CT molecular complexity index is 1000. The van der Waals surface area contributed by atoms with Crippen molar-refractivity contribution in [3.63, 3.8) is 0 Å². The Balaban J connectivity index is 4.30. The zero-order valence-corrected chi connectivity index (χ0v) is 36.4. The van der Waals surface area contributed by atoms with Crippen molar-refractivity contribution < 1.29 is 38.2 Å². The Labute approximate surface area is 338 Å². The summed E-state index contributed by atoms with van der Waals surface area (Å²) in [4.78, 5) is 36.9. The topological polar surface area (TPSA) is 99.1 Å². The molecule has 320 valence electrons. The molecule has 1 N–H and O–H groups in total. The molecule has 0 aliphatic rings. The summed E-state index contributed by atoms with van der Waals surface area (Å²) in [5.74, 6) is -1.51. The highest BCUT2D eigenvalue weighted by Gasteiger charge is 2.31. The van der Waals surface area contributed by atoms with Gasteiger partial charge in [-0.1, -0.05) is 153 Å². The molecule has 0 aromatic heterocycles. The van der Waals surface area contributed by atoms with Crippen LogP contribution in [0, 0.1) is 0 Å². The maximum Gasteiger partial charge on any atom is 0.362 e. The van der Waals surface area contributed by atoms with Crippen molar-refractivity contribution in [3.05, 3.63) is 36.5 Å². The number of carboxylic acids is 1. The van der Waals surface area contributed by atoms with E-state index in [4.69, 9.17) is 14.2 Å². The van der Waals surface area contributed by atoms with Gasteiger partial charge in [0.05, 0.1) is 34.4 Å². The van der Waals surface area contributed by atoms with Gasteiger partial charge in [-0.3, -0.25) is 9.59 Å². The molecule has 0 aromatic rings. The summed E-state index contributed by atoms with van der Waals surface area (Å²) >= 11 is 0.